The highest BCUT2D eigenvalue weighted by molar-refractivity contribution is 5.93. The van der Waals surface area contributed by atoms with E-state index >= 15 is 0 Å². The van der Waals surface area contributed by atoms with E-state index in [9.17, 15) is 9.59 Å². The number of rotatable bonds is 7. The lowest BCUT2D eigenvalue weighted by Gasteiger charge is -2.35. The first kappa shape index (κ1) is 25.4. The number of likely N-dealkylation sites (tertiary alicyclic amines) is 1. The van der Waals surface area contributed by atoms with Crippen LogP contribution >= 0.6 is 0 Å². The molecule has 1 saturated carbocycles. The van der Waals surface area contributed by atoms with Crippen molar-refractivity contribution in [3.63, 3.8) is 0 Å². The van der Waals surface area contributed by atoms with Gasteiger partial charge in [-0.15, -0.1) is 0 Å². The highest BCUT2D eigenvalue weighted by Crippen LogP contribution is 2.36. The molecule has 2 amide bonds. The van der Waals surface area contributed by atoms with Crippen LogP contribution < -0.4 is 10.6 Å². The van der Waals surface area contributed by atoms with Gasteiger partial charge in [0.2, 0.25) is 11.8 Å². The van der Waals surface area contributed by atoms with Gasteiger partial charge in [-0.05, 0) is 64.6 Å². The second-order valence-corrected chi connectivity index (χ2v) is 10.5. The van der Waals surface area contributed by atoms with E-state index in [4.69, 9.17) is 14.4 Å². The second kappa shape index (κ2) is 11.0. The van der Waals surface area contributed by atoms with E-state index < -0.39 is 6.04 Å². The standard InChI is InChI=1S/C29H37N5O3/c1-18(30-3)28(35)33-27(20-10-5-4-6-11-20)29(36)34-15-9-13-25(34)24-16-23(31-19(2)32-24)22-17-37-26-14-8-7-12-21(22)26/h7-8,12,14,16-18,20,25,27,30H,4-6,9-11,13,15H2,1-3H3,(H,33,35)/t18-,25-,27-/m0/s1. The zero-order valence-corrected chi connectivity index (χ0v) is 22.0. The normalized spacial score (nSPS) is 20.2. The molecule has 196 valence electrons. The van der Waals surface area contributed by atoms with E-state index in [1.165, 1.54) is 6.42 Å². The number of nitrogens with one attached hydrogen (secondary N) is 2. The molecule has 5 rings (SSSR count). The number of carbonyl (C=O) groups excluding carboxylic acids is 2. The maximum absolute atomic E-state index is 14.1. The fourth-order valence-corrected chi connectivity index (χ4v) is 5.85. The van der Waals surface area contributed by atoms with Crippen LogP contribution in [0.15, 0.2) is 41.0 Å². The van der Waals surface area contributed by atoms with Gasteiger partial charge in [-0.1, -0.05) is 37.5 Å². The summed E-state index contributed by atoms with van der Waals surface area (Å²) in [6, 6.07) is 8.90. The molecule has 1 aromatic carbocycles. The average Bonchev–Trinajstić information content (AvgIpc) is 3.59. The highest BCUT2D eigenvalue weighted by atomic mass is 16.3. The van der Waals surface area contributed by atoms with Crippen LogP contribution in [0.2, 0.25) is 0 Å². The number of hydrogen-bond donors (Lipinski definition) is 2. The zero-order chi connectivity index (χ0) is 25.9. The SMILES string of the molecule is CN[C@@H](C)C(=O)N[C@H](C(=O)N1CCC[C@H]1c1cc(-c2coc3ccccc23)nc(C)n1)C1CCCCC1. The van der Waals surface area contributed by atoms with Crippen molar-refractivity contribution < 1.29 is 14.0 Å². The summed E-state index contributed by atoms with van der Waals surface area (Å²) in [6.45, 7) is 4.37. The van der Waals surface area contributed by atoms with Gasteiger partial charge in [0.15, 0.2) is 0 Å². The van der Waals surface area contributed by atoms with Crippen molar-refractivity contribution >= 4 is 22.8 Å². The summed E-state index contributed by atoms with van der Waals surface area (Å²) in [4.78, 5) is 38.4. The number of likely N-dealkylation sites (N-methyl/N-ethyl adjacent to an activating group) is 1. The van der Waals surface area contributed by atoms with E-state index in [1.807, 2.05) is 49.1 Å². The lowest BCUT2D eigenvalue weighted by atomic mass is 9.83. The molecule has 0 unspecified atom stereocenters. The molecule has 3 heterocycles. The molecule has 0 spiro atoms. The van der Waals surface area contributed by atoms with Gasteiger partial charge in [0.25, 0.3) is 0 Å². The highest BCUT2D eigenvalue weighted by Gasteiger charge is 2.39. The summed E-state index contributed by atoms with van der Waals surface area (Å²) in [7, 11) is 1.76. The van der Waals surface area contributed by atoms with Crippen LogP contribution in [0, 0.1) is 12.8 Å². The molecule has 8 nitrogen and oxygen atoms in total. The first-order chi connectivity index (χ1) is 18.0. The number of benzene rings is 1. The molecule has 1 saturated heterocycles. The minimum atomic E-state index is -0.510. The van der Waals surface area contributed by atoms with Gasteiger partial charge in [0.05, 0.1) is 23.5 Å². The molecule has 3 atom stereocenters. The number of aryl methyl sites for hydroxylation is 1. The lowest BCUT2D eigenvalue weighted by molar-refractivity contribution is -0.139. The lowest BCUT2D eigenvalue weighted by Crippen LogP contribution is -2.55. The Morgan fingerprint density at radius 2 is 1.86 bits per heavy atom. The Balaban J connectivity index is 1.44. The van der Waals surface area contributed by atoms with E-state index in [-0.39, 0.29) is 29.8 Å². The summed E-state index contributed by atoms with van der Waals surface area (Å²) in [5.41, 5.74) is 3.38. The molecular weight excluding hydrogens is 466 g/mol. The Kier molecular flexibility index (Phi) is 7.55. The zero-order valence-electron chi connectivity index (χ0n) is 22.0. The molecule has 37 heavy (non-hydrogen) atoms. The van der Waals surface area contributed by atoms with Crippen molar-refractivity contribution in [2.75, 3.05) is 13.6 Å². The van der Waals surface area contributed by atoms with E-state index in [0.29, 0.717) is 12.4 Å². The molecule has 0 bridgehead atoms. The minimum Gasteiger partial charge on any atom is -0.464 e. The van der Waals surface area contributed by atoms with E-state index in [0.717, 1.165) is 66.4 Å². The predicted octanol–water partition coefficient (Wildman–Crippen LogP) is 4.53. The number of fused-ring (bicyclic) bond motifs is 1. The summed E-state index contributed by atoms with van der Waals surface area (Å²) in [6.07, 6.45) is 8.81. The van der Waals surface area contributed by atoms with Gasteiger partial charge in [-0.3, -0.25) is 9.59 Å². The van der Waals surface area contributed by atoms with Crippen molar-refractivity contribution in [1.29, 1.82) is 0 Å². The molecular formula is C29H37N5O3. The van der Waals surface area contributed by atoms with Gasteiger partial charge >= 0.3 is 0 Å². The van der Waals surface area contributed by atoms with Crippen molar-refractivity contribution in [1.82, 2.24) is 25.5 Å². The number of furan rings is 1. The number of para-hydroxylation sites is 1. The first-order valence-electron chi connectivity index (χ1n) is 13.6. The fourth-order valence-electron chi connectivity index (χ4n) is 5.85. The molecule has 2 aliphatic rings. The van der Waals surface area contributed by atoms with Crippen molar-refractivity contribution in [3.05, 3.63) is 48.1 Å². The van der Waals surface area contributed by atoms with E-state index in [1.54, 1.807) is 13.3 Å². The van der Waals surface area contributed by atoms with Gasteiger partial charge in [0.1, 0.15) is 23.7 Å². The smallest absolute Gasteiger partial charge is 0.246 e. The van der Waals surface area contributed by atoms with Gasteiger partial charge in [-0.2, -0.15) is 0 Å². The molecule has 1 aliphatic heterocycles. The maximum Gasteiger partial charge on any atom is 0.246 e. The van der Waals surface area contributed by atoms with Crippen molar-refractivity contribution in [2.45, 2.75) is 76.9 Å². The number of nitrogens with zero attached hydrogens (tertiary/aromatic N) is 3. The Bertz CT molecular complexity index is 1270. The second-order valence-electron chi connectivity index (χ2n) is 10.5. The largest absolute Gasteiger partial charge is 0.464 e. The minimum absolute atomic E-state index is 0.0117. The molecule has 3 aromatic rings. The average molecular weight is 504 g/mol. The quantitative estimate of drug-likeness (QED) is 0.491. The van der Waals surface area contributed by atoms with E-state index in [2.05, 4.69) is 10.6 Å². The first-order valence-corrected chi connectivity index (χ1v) is 13.6. The Labute approximate surface area is 218 Å². The summed E-state index contributed by atoms with van der Waals surface area (Å²) < 4.78 is 5.76. The summed E-state index contributed by atoms with van der Waals surface area (Å²) in [5, 5.41) is 7.11. The van der Waals surface area contributed by atoms with Gasteiger partial charge in [0, 0.05) is 17.5 Å². The molecule has 2 N–H and O–H groups in total. The summed E-state index contributed by atoms with van der Waals surface area (Å²) in [5.74, 6) is 0.708. The predicted molar refractivity (Wildman–Crippen MR) is 143 cm³/mol. The van der Waals surface area contributed by atoms with Crippen LogP contribution in [0.3, 0.4) is 0 Å². The maximum atomic E-state index is 14.1. The van der Waals surface area contributed by atoms with Crippen LogP contribution in [0.25, 0.3) is 22.2 Å². The third-order valence-electron chi connectivity index (χ3n) is 8.00. The Hall–Kier alpha value is -3.26. The topological polar surface area (TPSA) is 100 Å². The number of carbonyl (C=O) groups is 2. The molecule has 0 radical (unpaired) electrons. The van der Waals surface area contributed by atoms with Crippen molar-refractivity contribution in [3.8, 4) is 11.3 Å². The monoisotopic (exact) mass is 503 g/mol. The van der Waals surface area contributed by atoms with Crippen LogP contribution in [0.4, 0.5) is 0 Å². The molecule has 1 aliphatic carbocycles. The van der Waals surface area contributed by atoms with Gasteiger partial charge < -0.3 is 20.0 Å². The van der Waals surface area contributed by atoms with Crippen molar-refractivity contribution in [2.24, 2.45) is 5.92 Å². The molecule has 2 fully saturated rings. The van der Waals surface area contributed by atoms with Crippen LogP contribution in [-0.4, -0.2) is 52.4 Å². The number of hydrogen-bond acceptors (Lipinski definition) is 6. The Morgan fingerprint density at radius 3 is 2.65 bits per heavy atom. The Morgan fingerprint density at radius 1 is 1.08 bits per heavy atom. The molecule has 2 aromatic heterocycles. The van der Waals surface area contributed by atoms with Crippen LogP contribution in [-0.2, 0) is 9.59 Å². The number of aromatic nitrogens is 2. The molecule has 8 heteroatoms. The van der Waals surface area contributed by atoms with Crippen LogP contribution in [0.5, 0.6) is 0 Å². The summed E-state index contributed by atoms with van der Waals surface area (Å²) >= 11 is 0. The third-order valence-corrected chi connectivity index (χ3v) is 8.00. The number of amides is 2. The van der Waals surface area contributed by atoms with Gasteiger partial charge in [-0.25, -0.2) is 9.97 Å². The van der Waals surface area contributed by atoms with Crippen LogP contribution in [0.1, 0.15) is 69.4 Å². The fraction of sp³-hybridized carbons (Fsp3) is 0.517. The third kappa shape index (κ3) is 5.25.